The van der Waals surface area contributed by atoms with Crippen LogP contribution in [0.4, 0.5) is 0 Å². The molecule has 1 aliphatic rings. The molecule has 5 heteroatoms. The Bertz CT molecular complexity index is 300. The van der Waals surface area contributed by atoms with E-state index in [0.29, 0.717) is 6.42 Å². The van der Waals surface area contributed by atoms with E-state index >= 15 is 0 Å². The fraction of sp³-hybridized carbons (Fsp3) is 0.923. The first-order valence-corrected chi connectivity index (χ1v) is 10.3. The topological polar surface area (TPSA) is 55.8 Å². The number of hydrogen-bond donors (Lipinski definition) is 1. The Morgan fingerprint density at radius 3 is 2.44 bits per heavy atom. The van der Waals surface area contributed by atoms with Crippen molar-refractivity contribution < 1.29 is 19.4 Å². The molecule has 0 amide bonds. The molecule has 0 aromatic carbocycles. The standard InChI is InChI=1S/C13H26O4Si/c1-10(18(3,4)5)17-11-8-6-7-9-13(11,16-2)12(14)15/h10-11H,6-9H2,1-5H3,(H,14,15). The molecule has 1 aliphatic carbocycles. The summed E-state index contributed by atoms with van der Waals surface area (Å²) >= 11 is 0. The second-order valence-electron chi connectivity index (χ2n) is 6.28. The summed E-state index contributed by atoms with van der Waals surface area (Å²) < 4.78 is 11.4. The van der Waals surface area contributed by atoms with E-state index in [9.17, 15) is 9.90 Å². The number of carboxylic acids is 1. The average Bonchev–Trinajstić information content (AvgIpc) is 2.28. The predicted octanol–water partition coefficient (Wildman–Crippen LogP) is 2.68. The molecule has 0 bridgehead atoms. The van der Waals surface area contributed by atoms with Gasteiger partial charge in [-0.15, -0.1) is 0 Å². The van der Waals surface area contributed by atoms with Gasteiger partial charge in [-0.2, -0.15) is 0 Å². The molecule has 106 valence electrons. The van der Waals surface area contributed by atoms with Gasteiger partial charge < -0.3 is 14.6 Å². The van der Waals surface area contributed by atoms with Gasteiger partial charge in [0, 0.05) is 12.8 Å². The molecule has 0 spiro atoms. The minimum Gasteiger partial charge on any atom is -0.479 e. The molecular weight excluding hydrogens is 248 g/mol. The number of rotatable bonds is 5. The van der Waals surface area contributed by atoms with E-state index in [0.717, 1.165) is 19.3 Å². The van der Waals surface area contributed by atoms with Gasteiger partial charge in [-0.1, -0.05) is 26.1 Å². The first-order chi connectivity index (χ1) is 8.24. The highest BCUT2D eigenvalue weighted by molar-refractivity contribution is 6.77. The Hall–Kier alpha value is -0.393. The molecule has 18 heavy (non-hydrogen) atoms. The fourth-order valence-electron chi connectivity index (χ4n) is 2.31. The van der Waals surface area contributed by atoms with Crippen LogP contribution in [0.2, 0.25) is 19.6 Å². The van der Waals surface area contributed by atoms with E-state index in [-0.39, 0.29) is 11.8 Å². The van der Waals surface area contributed by atoms with Crippen LogP contribution in [0.15, 0.2) is 0 Å². The van der Waals surface area contributed by atoms with Crippen LogP contribution in [0, 0.1) is 0 Å². The number of hydrogen-bond acceptors (Lipinski definition) is 3. The summed E-state index contributed by atoms with van der Waals surface area (Å²) in [5, 5.41) is 9.48. The number of carbonyl (C=O) groups is 1. The molecule has 0 aromatic rings. The lowest BCUT2D eigenvalue weighted by atomic mass is 9.82. The Morgan fingerprint density at radius 1 is 1.39 bits per heavy atom. The molecule has 3 unspecified atom stereocenters. The van der Waals surface area contributed by atoms with Crippen LogP contribution < -0.4 is 0 Å². The molecule has 4 nitrogen and oxygen atoms in total. The maximum absolute atomic E-state index is 11.6. The zero-order valence-corrected chi connectivity index (χ0v) is 13.2. The van der Waals surface area contributed by atoms with E-state index in [1.165, 1.54) is 7.11 Å². The fourth-order valence-corrected chi connectivity index (χ4v) is 2.88. The minimum atomic E-state index is -1.43. The minimum absolute atomic E-state index is 0.134. The van der Waals surface area contributed by atoms with E-state index in [4.69, 9.17) is 9.47 Å². The SMILES string of the molecule is COC1(C(=O)O)CCCCC1OC(C)[Si](C)(C)C. The highest BCUT2D eigenvalue weighted by Gasteiger charge is 2.49. The van der Waals surface area contributed by atoms with Crippen LogP contribution in [-0.4, -0.2) is 43.7 Å². The van der Waals surface area contributed by atoms with Gasteiger partial charge in [0.1, 0.15) is 0 Å². The molecule has 1 saturated carbocycles. The molecule has 0 aromatic heterocycles. The van der Waals surface area contributed by atoms with Crippen LogP contribution in [-0.2, 0) is 14.3 Å². The van der Waals surface area contributed by atoms with Crippen molar-refractivity contribution in [3.63, 3.8) is 0 Å². The van der Waals surface area contributed by atoms with Crippen molar-refractivity contribution in [1.29, 1.82) is 0 Å². The normalized spacial score (nSPS) is 31.1. The Morgan fingerprint density at radius 2 is 2.00 bits per heavy atom. The first kappa shape index (κ1) is 15.7. The van der Waals surface area contributed by atoms with Gasteiger partial charge in [-0.3, -0.25) is 0 Å². The summed E-state index contributed by atoms with van der Waals surface area (Å²) in [5.74, 6) is -0.891. The van der Waals surface area contributed by atoms with Crippen molar-refractivity contribution in [2.75, 3.05) is 7.11 Å². The number of methoxy groups -OCH3 is 1. The van der Waals surface area contributed by atoms with Crippen molar-refractivity contribution >= 4 is 14.0 Å². The average molecular weight is 274 g/mol. The lowest BCUT2D eigenvalue weighted by molar-refractivity contribution is -0.193. The van der Waals surface area contributed by atoms with Crippen molar-refractivity contribution in [3.05, 3.63) is 0 Å². The molecule has 0 radical (unpaired) electrons. The molecule has 1 N–H and O–H groups in total. The van der Waals surface area contributed by atoms with E-state index in [1.807, 2.05) is 0 Å². The summed E-state index contributed by atoms with van der Waals surface area (Å²) in [6.45, 7) is 8.75. The number of carboxylic acid groups (broad SMARTS) is 1. The van der Waals surface area contributed by atoms with Crippen LogP contribution in [0.1, 0.15) is 32.6 Å². The smallest absolute Gasteiger partial charge is 0.338 e. The van der Waals surface area contributed by atoms with E-state index in [2.05, 4.69) is 26.6 Å². The van der Waals surface area contributed by atoms with E-state index < -0.39 is 19.6 Å². The maximum Gasteiger partial charge on any atom is 0.338 e. The molecular formula is C13H26O4Si. The second kappa shape index (κ2) is 5.71. The third kappa shape index (κ3) is 3.13. The largest absolute Gasteiger partial charge is 0.479 e. The molecule has 0 aliphatic heterocycles. The third-order valence-electron chi connectivity index (χ3n) is 4.10. The monoisotopic (exact) mass is 274 g/mol. The van der Waals surface area contributed by atoms with Gasteiger partial charge >= 0.3 is 5.97 Å². The Kier molecular flexibility index (Phi) is 4.97. The van der Waals surface area contributed by atoms with Crippen molar-refractivity contribution in [2.24, 2.45) is 0 Å². The highest BCUT2D eigenvalue weighted by Crippen LogP contribution is 2.35. The summed E-state index contributed by atoms with van der Waals surface area (Å²) in [7, 11) is 0.0558. The lowest BCUT2D eigenvalue weighted by Gasteiger charge is -2.42. The molecule has 0 heterocycles. The zero-order valence-electron chi connectivity index (χ0n) is 12.2. The van der Waals surface area contributed by atoms with Crippen molar-refractivity contribution in [3.8, 4) is 0 Å². The van der Waals surface area contributed by atoms with Crippen LogP contribution in [0.5, 0.6) is 0 Å². The second-order valence-corrected chi connectivity index (χ2v) is 11.8. The van der Waals surface area contributed by atoms with Gasteiger partial charge in [-0.25, -0.2) is 4.79 Å². The summed E-state index contributed by atoms with van der Waals surface area (Å²) in [6.07, 6.45) is 2.90. The van der Waals surface area contributed by atoms with Gasteiger partial charge in [0.15, 0.2) is 5.60 Å². The Balaban J connectivity index is 2.86. The first-order valence-electron chi connectivity index (χ1n) is 6.68. The number of aliphatic carboxylic acids is 1. The van der Waals surface area contributed by atoms with Crippen molar-refractivity contribution in [2.45, 2.75) is 69.7 Å². The third-order valence-corrected chi connectivity index (χ3v) is 6.67. The summed E-state index contributed by atoms with van der Waals surface area (Å²) in [4.78, 5) is 11.6. The molecule has 0 saturated heterocycles. The number of ether oxygens (including phenoxy) is 2. The van der Waals surface area contributed by atoms with Crippen LogP contribution in [0.3, 0.4) is 0 Å². The lowest BCUT2D eigenvalue weighted by Crippen LogP contribution is -2.56. The Labute approximate surface area is 111 Å². The van der Waals surface area contributed by atoms with Gasteiger partial charge in [0.2, 0.25) is 0 Å². The molecule has 3 atom stereocenters. The van der Waals surface area contributed by atoms with Crippen molar-refractivity contribution in [1.82, 2.24) is 0 Å². The summed E-state index contributed by atoms with van der Waals surface area (Å²) in [6, 6.07) is 0. The summed E-state index contributed by atoms with van der Waals surface area (Å²) in [5.41, 5.74) is -1.01. The van der Waals surface area contributed by atoms with Crippen LogP contribution in [0.25, 0.3) is 0 Å². The predicted molar refractivity (Wildman–Crippen MR) is 73.5 cm³/mol. The molecule has 1 fully saturated rings. The molecule has 1 rings (SSSR count). The maximum atomic E-state index is 11.6. The van der Waals surface area contributed by atoms with Crippen LogP contribution >= 0.6 is 0 Å². The van der Waals surface area contributed by atoms with Gasteiger partial charge in [0.05, 0.1) is 14.2 Å². The zero-order chi connectivity index (χ0) is 14.0. The van der Waals surface area contributed by atoms with E-state index in [1.54, 1.807) is 0 Å². The van der Waals surface area contributed by atoms with Gasteiger partial charge in [-0.05, 0) is 26.2 Å². The highest BCUT2D eigenvalue weighted by atomic mass is 28.3. The van der Waals surface area contributed by atoms with Gasteiger partial charge in [0.25, 0.3) is 0 Å². The quantitative estimate of drug-likeness (QED) is 0.783.